The summed E-state index contributed by atoms with van der Waals surface area (Å²) in [6, 6.07) is 36.0. The number of anilines is 2. The van der Waals surface area contributed by atoms with Crippen molar-refractivity contribution in [3.8, 4) is 0 Å². The summed E-state index contributed by atoms with van der Waals surface area (Å²) in [7, 11) is 0. The lowest BCUT2D eigenvalue weighted by Crippen LogP contribution is -2.06. The zero-order valence-electron chi connectivity index (χ0n) is 26.9. The van der Waals surface area contributed by atoms with Gasteiger partial charge < -0.3 is 11.5 Å². The highest BCUT2D eigenvalue weighted by Gasteiger charge is 2.18. The highest BCUT2D eigenvalue weighted by Crippen LogP contribution is 2.34. The van der Waals surface area contributed by atoms with Crippen molar-refractivity contribution in [2.24, 2.45) is 0 Å². The summed E-state index contributed by atoms with van der Waals surface area (Å²) in [5.74, 6) is 1.36. The van der Waals surface area contributed by atoms with E-state index in [1.54, 1.807) is 0 Å². The van der Waals surface area contributed by atoms with Crippen LogP contribution in [0, 0.1) is 0 Å². The molecule has 0 radical (unpaired) electrons. The minimum absolute atomic E-state index is 0.414. The second-order valence-electron chi connectivity index (χ2n) is 12.5. The van der Waals surface area contributed by atoms with Crippen LogP contribution in [0.2, 0.25) is 0 Å². The molecule has 4 aromatic rings. The molecule has 0 bridgehead atoms. The number of hydrogen-bond acceptors (Lipinski definition) is 2. The summed E-state index contributed by atoms with van der Waals surface area (Å²) >= 11 is 0. The van der Waals surface area contributed by atoms with E-state index in [-0.39, 0.29) is 0 Å². The largest absolute Gasteiger partial charge is 0.399 e. The minimum atomic E-state index is 0.414. The molecule has 0 saturated heterocycles. The summed E-state index contributed by atoms with van der Waals surface area (Å²) < 4.78 is 0. The van der Waals surface area contributed by atoms with Gasteiger partial charge in [0.2, 0.25) is 0 Å². The average molecular weight is 575 g/mol. The molecule has 0 saturated carbocycles. The van der Waals surface area contributed by atoms with Gasteiger partial charge in [-0.2, -0.15) is 0 Å². The molecule has 4 rings (SSSR count). The van der Waals surface area contributed by atoms with E-state index in [9.17, 15) is 0 Å². The fraction of sp³-hybridized carbons (Fsp3) is 0.415. The SMILES string of the molecule is CCCCCCCC(Cc1ccc(C(CCC)c2ccc(N)cc2)cc1)c1ccc(C(CCC)c2ccc(N)cc2)cc1. The molecule has 0 amide bonds. The lowest BCUT2D eigenvalue weighted by molar-refractivity contribution is 0.542. The summed E-state index contributed by atoms with van der Waals surface area (Å²) in [6.07, 6.45) is 13.5. The van der Waals surface area contributed by atoms with Crippen molar-refractivity contribution in [3.05, 3.63) is 130 Å². The lowest BCUT2D eigenvalue weighted by Gasteiger charge is -2.22. The van der Waals surface area contributed by atoms with Crippen molar-refractivity contribution in [1.29, 1.82) is 0 Å². The van der Waals surface area contributed by atoms with Crippen molar-refractivity contribution < 1.29 is 0 Å². The number of rotatable bonds is 17. The first-order valence-electron chi connectivity index (χ1n) is 16.9. The third-order valence-corrected chi connectivity index (χ3v) is 9.16. The van der Waals surface area contributed by atoms with E-state index in [4.69, 9.17) is 11.5 Å². The van der Waals surface area contributed by atoms with Gasteiger partial charge in [0.25, 0.3) is 0 Å². The van der Waals surface area contributed by atoms with Gasteiger partial charge >= 0.3 is 0 Å². The minimum Gasteiger partial charge on any atom is -0.399 e. The van der Waals surface area contributed by atoms with Crippen molar-refractivity contribution in [1.82, 2.24) is 0 Å². The molecule has 4 aromatic carbocycles. The van der Waals surface area contributed by atoms with E-state index in [0.717, 1.165) is 43.5 Å². The first kappa shape index (κ1) is 32.4. The van der Waals surface area contributed by atoms with E-state index >= 15 is 0 Å². The molecule has 3 unspecified atom stereocenters. The average Bonchev–Trinajstić information content (AvgIpc) is 3.03. The van der Waals surface area contributed by atoms with Gasteiger partial charge in [0, 0.05) is 23.2 Å². The van der Waals surface area contributed by atoms with Crippen molar-refractivity contribution in [2.45, 2.75) is 109 Å². The van der Waals surface area contributed by atoms with Gasteiger partial charge in [0.1, 0.15) is 0 Å². The molecule has 0 fully saturated rings. The van der Waals surface area contributed by atoms with Crippen LogP contribution in [-0.2, 0) is 6.42 Å². The van der Waals surface area contributed by atoms with Gasteiger partial charge in [0.05, 0.1) is 0 Å². The van der Waals surface area contributed by atoms with Crippen LogP contribution in [0.15, 0.2) is 97.1 Å². The van der Waals surface area contributed by atoms with Crippen LogP contribution in [0.3, 0.4) is 0 Å². The van der Waals surface area contributed by atoms with Crippen LogP contribution in [-0.4, -0.2) is 0 Å². The number of hydrogen-bond donors (Lipinski definition) is 2. The van der Waals surface area contributed by atoms with Crippen LogP contribution in [0.4, 0.5) is 11.4 Å². The molecule has 4 N–H and O–H groups in total. The molecule has 0 aliphatic heterocycles. The van der Waals surface area contributed by atoms with Crippen molar-refractivity contribution in [2.75, 3.05) is 11.5 Å². The molecule has 0 aliphatic carbocycles. The van der Waals surface area contributed by atoms with Gasteiger partial charge in [-0.05, 0) is 89.2 Å². The first-order valence-corrected chi connectivity index (χ1v) is 16.9. The summed E-state index contributed by atoms with van der Waals surface area (Å²) in [6.45, 7) is 6.84. The third kappa shape index (κ3) is 9.48. The Labute approximate surface area is 261 Å². The highest BCUT2D eigenvalue weighted by atomic mass is 14.5. The Bertz CT molecular complexity index is 1320. The van der Waals surface area contributed by atoms with Gasteiger partial charge in [-0.3, -0.25) is 0 Å². The molecule has 0 heterocycles. The Balaban J connectivity index is 1.52. The third-order valence-electron chi connectivity index (χ3n) is 9.16. The Morgan fingerprint density at radius 2 is 0.814 bits per heavy atom. The maximum atomic E-state index is 5.99. The van der Waals surface area contributed by atoms with Crippen LogP contribution in [0.25, 0.3) is 0 Å². The van der Waals surface area contributed by atoms with Gasteiger partial charge in [-0.15, -0.1) is 0 Å². The number of nitrogens with two attached hydrogens (primary N) is 2. The molecule has 3 atom stereocenters. The standard InChI is InChI=1S/C41H54N2/c1-4-7-8-9-10-13-37(32-18-20-34(21-19-32)41(12-6-3)36-24-28-39(43)29-25-36)30-31-14-16-33(17-15-31)40(11-5-2)35-22-26-38(42)27-23-35/h14-29,37,40-41H,4-13,30,42-43H2,1-3H3. The predicted octanol–water partition coefficient (Wildman–Crippen LogP) is 11.4. The molecule has 2 nitrogen and oxygen atoms in total. The molecule has 0 spiro atoms. The van der Waals surface area contributed by atoms with E-state index in [1.807, 2.05) is 24.3 Å². The molecule has 0 aliphatic rings. The normalized spacial score (nSPS) is 13.5. The highest BCUT2D eigenvalue weighted by molar-refractivity contribution is 5.44. The number of benzene rings is 4. The topological polar surface area (TPSA) is 52.0 Å². The molecule has 2 heteroatoms. The van der Waals surface area contributed by atoms with Crippen LogP contribution < -0.4 is 11.5 Å². The van der Waals surface area contributed by atoms with Gasteiger partial charge in [0.15, 0.2) is 0 Å². The Kier molecular flexibility index (Phi) is 12.8. The van der Waals surface area contributed by atoms with E-state index < -0.39 is 0 Å². The Hall–Kier alpha value is -3.52. The van der Waals surface area contributed by atoms with Crippen LogP contribution in [0.1, 0.15) is 136 Å². The molecular weight excluding hydrogens is 520 g/mol. The smallest absolute Gasteiger partial charge is 0.0314 e. The summed E-state index contributed by atoms with van der Waals surface area (Å²) in [4.78, 5) is 0. The van der Waals surface area contributed by atoms with Gasteiger partial charge in [-0.25, -0.2) is 0 Å². The maximum absolute atomic E-state index is 5.99. The molecule has 0 aromatic heterocycles. The van der Waals surface area contributed by atoms with E-state index in [1.165, 1.54) is 71.9 Å². The molecular formula is C41H54N2. The predicted molar refractivity (Wildman–Crippen MR) is 188 cm³/mol. The van der Waals surface area contributed by atoms with Crippen molar-refractivity contribution >= 4 is 11.4 Å². The summed E-state index contributed by atoms with van der Waals surface area (Å²) in [5, 5.41) is 0. The zero-order chi connectivity index (χ0) is 30.4. The number of unbranched alkanes of at least 4 members (excludes halogenated alkanes) is 4. The Morgan fingerprint density at radius 3 is 1.26 bits per heavy atom. The molecule has 228 valence electrons. The fourth-order valence-electron chi connectivity index (χ4n) is 6.64. The van der Waals surface area contributed by atoms with Crippen LogP contribution >= 0.6 is 0 Å². The van der Waals surface area contributed by atoms with E-state index in [0.29, 0.717) is 17.8 Å². The van der Waals surface area contributed by atoms with Crippen molar-refractivity contribution in [3.63, 3.8) is 0 Å². The lowest BCUT2D eigenvalue weighted by atomic mass is 9.83. The Morgan fingerprint density at radius 1 is 0.419 bits per heavy atom. The summed E-state index contributed by atoms with van der Waals surface area (Å²) in [5.41, 5.74) is 22.1. The second-order valence-corrected chi connectivity index (χ2v) is 12.5. The zero-order valence-corrected chi connectivity index (χ0v) is 26.9. The van der Waals surface area contributed by atoms with Crippen LogP contribution in [0.5, 0.6) is 0 Å². The van der Waals surface area contributed by atoms with Gasteiger partial charge in [-0.1, -0.05) is 139 Å². The molecule has 43 heavy (non-hydrogen) atoms. The quantitative estimate of drug-likeness (QED) is 0.0973. The monoisotopic (exact) mass is 574 g/mol. The fourth-order valence-corrected chi connectivity index (χ4v) is 6.64. The number of nitrogen functional groups attached to an aromatic ring is 2. The first-order chi connectivity index (χ1) is 21.0. The second kappa shape index (κ2) is 16.9. The van der Waals surface area contributed by atoms with E-state index in [2.05, 4.69) is 93.6 Å². The maximum Gasteiger partial charge on any atom is 0.0314 e.